The highest BCUT2D eigenvalue weighted by Crippen LogP contribution is 2.06. The van der Waals surface area contributed by atoms with Gasteiger partial charge in [-0.3, -0.25) is 0 Å². The first kappa shape index (κ1) is 9.84. The lowest BCUT2D eigenvalue weighted by atomic mass is 10.7. The highest BCUT2D eigenvalue weighted by Gasteiger charge is 2.25. The molecule has 3 nitrogen and oxygen atoms in total. The first-order valence-electron chi connectivity index (χ1n) is 3.32. The van der Waals surface area contributed by atoms with Gasteiger partial charge in [-0.05, 0) is 13.6 Å². The highest BCUT2D eigenvalue weighted by molar-refractivity contribution is 6.65. The Balaban J connectivity index is 3.51. The SMILES string of the molecule is C=CC[Si](O)(O)CCNC. The molecule has 0 unspecified atom stereocenters. The Kier molecular flexibility index (Phi) is 4.55. The molecule has 0 heterocycles. The van der Waals surface area contributed by atoms with Crippen LogP contribution >= 0.6 is 0 Å². The summed E-state index contributed by atoms with van der Waals surface area (Å²) in [5.41, 5.74) is 0. The molecule has 0 saturated heterocycles. The van der Waals surface area contributed by atoms with Crippen molar-refractivity contribution in [3.05, 3.63) is 12.7 Å². The molecule has 0 saturated carbocycles. The predicted octanol–water partition coefficient (Wildman–Crippen LogP) is -0.181. The fourth-order valence-corrected chi connectivity index (χ4v) is 1.98. The average Bonchev–Trinajstić information content (AvgIpc) is 1.84. The molecule has 0 fully saturated rings. The van der Waals surface area contributed by atoms with E-state index < -0.39 is 8.56 Å². The van der Waals surface area contributed by atoms with Gasteiger partial charge < -0.3 is 14.9 Å². The van der Waals surface area contributed by atoms with Gasteiger partial charge >= 0.3 is 8.56 Å². The van der Waals surface area contributed by atoms with Crippen LogP contribution in [0.2, 0.25) is 12.1 Å². The minimum atomic E-state index is -2.90. The summed E-state index contributed by atoms with van der Waals surface area (Å²) < 4.78 is 0. The van der Waals surface area contributed by atoms with E-state index >= 15 is 0 Å². The Bertz CT molecular complexity index is 106. The molecule has 0 spiro atoms. The van der Waals surface area contributed by atoms with Crippen molar-refractivity contribution in [3.8, 4) is 0 Å². The van der Waals surface area contributed by atoms with E-state index in [0.29, 0.717) is 18.6 Å². The third-order valence-corrected chi connectivity index (χ3v) is 3.24. The van der Waals surface area contributed by atoms with Crippen molar-refractivity contribution in [1.82, 2.24) is 5.32 Å². The molecular weight excluding hydrogens is 146 g/mol. The molecule has 0 aliphatic heterocycles. The molecule has 0 aliphatic carbocycles. The number of nitrogens with one attached hydrogen (secondary N) is 1. The average molecular weight is 161 g/mol. The molecule has 0 aliphatic rings. The molecule has 0 aromatic carbocycles. The van der Waals surface area contributed by atoms with Gasteiger partial charge in [-0.1, -0.05) is 6.08 Å². The molecule has 0 atom stereocenters. The maximum Gasteiger partial charge on any atom is 0.337 e. The van der Waals surface area contributed by atoms with Crippen molar-refractivity contribution < 1.29 is 9.59 Å². The standard InChI is InChI=1S/C6H15NO2Si/c1-3-5-10(8,9)6-4-7-2/h3,7-9H,1,4-6H2,2H3. The van der Waals surface area contributed by atoms with Crippen molar-refractivity contribution in [3.63, 3.8) is 0 Å². The maximum absolute atomic E-state index is 9.23. The van der Waals surface area contributed by atoms with E-state index in [1.165, 1.54) is 0 Å². The lowest BCUT2D eigenvalue weighted by molar-refractivity contribution is 0.362. The number of allylic oxidation sites excluding steroid dienone is 1. The van der Waals surface area contributed by atoms with Crippen LogP contribution in [0.4, 0.5) is 0 Å². The smallest absolute Gasteiger partial charge is 0.337 e. The molecular formula is C6H15NO2Si. The predicted molar refractivity (Wildman–Crippen MR) is 43.9 cm³/mol. The van der Waals surface area contributed by atoms with E-state index in [-0.39, 0.29) is 0 Å². The van der Waals surface area contributed by atoms with Crippen molar-refractivity contribution >= 4 is 8.56 Å². The summed E-state index contributed by atoms with van der Waals surface area (Å²) in [4.78, 5) is 18.5. The first-order chi connectivity index (χ1) is 4.62. The van der Waals surface area contributed by atoms with Crippen LogP contribution in [0.15, 0.2) is 12.7 Å². The lowest BCUT2D eigenvalue weighted by Gasteiger charge is -2.14. The summed E-state index contributed by atoms with van der Waals surface area (Å²) in [6.07, 6.45) is 1.56. The van der Waals surface area contributed by atoms with Crippen LogP contribution < -0.4 is 5.32 Å². The van der Waals surface area contributed by atoms with E-state index in [1.807, 2.05) is 0 Å². The summed E-state index contributed by atoms with van der Waals surface area (Å²) in [6.45, 7) is 4.11. The molecule has 0 aromatic rings. The molecule has 0 rings (SSSR count). The molecule has 0 radical (unpaired) electrons. The minimum Gasteiger partial charge on any atom is -0.410 e. The van der Waals surface area contributed by atoms with Gasteiger partial charge in [-0.15, -0.1) is 6.58 Å². The summed E-state index contributed by atoms with van der Waals surface area (Å²) in [6, 6.07) is 0.824. The van der Waals surface area contributed by atoms with Gasteiger partial charge in [0.25, 0.3) is 0 Å². The zero-order chi connectivity index (χ0) is 8.04. The van der Waals surface area contributed by atoms with E-state index in [0.717, 1.165) is 0 Å². The Morgan fingerprint density at radius 2 is 2.20 bits per heavy atom. The second kappa shape index (κ2) is 4.62. The van der Waals surface area contributed by atoms with E-state index in [2.05, 4.69) is 11.9 Å². The summed E-state index contributed by atoms with van der Waals surface area (Å²) in [5, 5.41) is 2.86. The first-order valence-corrected chi connectivity index (χ1v) is 5.63. The normalized spacial score (nSPS) is 11.5. The van der Waals surface area contributed by atoms with E-state index in [1.54, 1.807) is 13.1 Å². The van der Waals surface area contributed by atoms with Crippen LogP contribution in [0.1, 0.15) is 0 Å². The van der Waals surface area contributed by atoms with Gasteiger partial charge in [0.15, 0.2) is 0 Å². The lowest BCUT2D eigenvalue weighted by Crippen LogP contribution is -2.36. The minimum absolute atomic E-state index is 0.356. The third-order valence-electron chi connectivity index (χ3n) is 1.25. The van der Waals surface area contributed by atoms with Gasteiger partial charge in [0.1, 0.15) is 0 Å². The van der Waals surface area contributed by atoms with Crippen molar-refractivity contribution in [2.45, 2.75) is 12.1 Å². The van der Waals surface area contributed by atoms with Crippen molar-refractivity contribution in [2.24, 2.45) is 0 Å². The summed E-state index contributed by atoms with van der Waals surface area (Å²) >= 11 is 0. The van der Waals surface area contributed by atoms with E-state index in [4.69, 9.17) is 0 Å². The molecule has 0 amide bonds. The van der Waals surface area contributed by atoms with Crippen LogP contribution in [-0.2, 0) is 0 Å². The summed E-state index contributed by atoms with van der Waals surface area (Å²) in [5.74, 6) is 0. The van der Waals surface area contributed by atoms with Crippen LogP contribution in [-0.4, -0.2) is 31.7 Å². The zero-order valence-corrected chi connectivity index (χ0v) is 7.30. The fourth-order valence-electron chi connectivity index (χ4n) is 0.658. The molecule has 0 aromatic heterocycles. The van der Waals surface area contributed by atoms with Gasteiger partial charge in [-0.2, -0.15) is 0 Å². The van der Waals surface area contributed by atoms with Crippen LogP contribution in [0.5, 0.6) is 0 Å². The topological polar surface area (TPSA) is 52.5 Å². The molecule has 3 N–H and O–H groups in total. The highest BCUT2D eigenvalue weighted by atomic mass is 28.4. The zero-order valence-electron chi connectivity index (χ0n) is 6.30. The van der Waals surface area contributed by atoms with Crippen LogP contribution in [0, 0.1) is 0 Å². The monoisotopic (exact) mass is 161 g/mol. The Labute approximate surface area is 62.6 Å². The van der Waals surface area contributed by atoms with Crippen LogP contribution in [0.3, 0.4) is 0 Å². The van der Waals surface area contributed by atoms with Gasteiger partial charge in [0.2, 0.25) is 0 Å². The van der Waals surface area contributed by atoms with Crippen molar-refractivity contribution in [1.29, 1.82) is 0 Å². The largest absolute Gasteiger partial charge is 0.410 e. The number of hydrogen-bond acceptors (Lipinski definition) is 3. The van der Waals surface area contributed by atoms with Gasteiger partial charge in [0.05, 0.1) is 0 Å². The number of rotatable bonds is 5. The van der Waals surface area contributed by atoms with Crippen LogP contribution in [0.25, 0.3) is 0 Å². The van der Waals surface area contributed by atoms with Gasteiger partial charge in [-0.25, -0.2) is 0 Å². The second-order valence-corrected chi connectivity index (χ2v) is 5.20. The van der Waals surface area contributed by atoms with Crippen molar-refractivity contribution in [2.75, 3.05) is 13.6 Å². The van der Waals surface area contributed by atoms with Gasteiger partial charge in [0, 0.05) is 12.1 Å². The molecule has 4 heteroatoms. The molecule has 10 heavy (non-hydrogen) atoms. The maximum atomic E-state index is 9.23. The van der Waals surface area contributed by atoms with E-state index in [9.17, 15) is 9.59 Å². The second-order valence-electron chi connectivity index (χ2n) is 2.33. The summed E-state index contributed by atoms with van der Waals surface area (Å²) in [7, 11) is -1.11. The molecule has 0 bridgehead atoms. The Morgan fingerprint density at radius 1 is 1.60 bits per heavy atom. The third kappa shape index (κ3) is 4.69. The quantitative estimate of drug-likeness (QED) is 0.387. The number of hydrogen-bond donors (Lipinski definition) is 3. The Hall–Kier alpha value is -0.163. The fraction of sp³-hybridized carbons (Fsp3) is 0.667. The Morgan fingerprint density at radius 3 is 2.60 bits per heavy atom. The molecule has 60 valence electrons.